The van der Waals surface area contributed by atoms with Crippen molar-refractivity contribution < 1.29 is 4.79 Å². The van der Waals surface area contributed by atoms with Crippen LogP contribution in [0, 0.1) is 0 Å². The van der Waals surface area contributed by atoms with E-state index in [1.54, 1.807) is 18.2 Å². The van der Waals surface area contributed by atoms with Gasteiger partial charge in [-0.3, -0.25) is 4.79 Å². The number of halogens is 4. The van der Waals surface area contributed by atoms with Gasteiger partial charge in [0.25, 0.3) is 5.91 Å². The van der Waals surface area contributed by atoms with E-state index in [-0.39, 0.29) is 16.1 Å². The number of carbonyl (C=O) groups excluding carboxylic acids is 1. The maximum absolute atomic E-state index is 11.9. The van der Waals surface area contributed by atoms with Crippen LogP contribution in [0.4, 0.5) is 5.69 Å². The number of nitrogens with zero attached hydrogens (tertiary/aromatic N) is 1. The fourth-order valence-corrected chi connectivity index (χ4v) is 1.89. The normalized spacial score (nSPS) is 10.3. The van der Waals surface area contributed by atoms with Gasteiger partial charge in [-0.15, -0.1) is 0 Å². The van der Waals surface area contributed by atoms with Crippen LogP contribution < -0.4 is 5.32 Å². The number of benzene rings is 1. The van der Waals surface area contributed by atoms with Crippen LogP contribution in [0.2, 0.25) is 20.2 Å². The highest BCUT2D eigenvalue weighted by atomic mass is 35.5. The standard InChI is InChI=1S/C12H6Cl4N2O/c13-8-2-1-7(4-9(8)14)18-12(19)6-3-10(15)11(16)17-5-6/h1-5H,(H,18,19). The smallest absolute Gasteiger partial charge is 0.257 e. The minimum absolute atomic E-state index is 0.146. The average molecular weight is 336 g/mol. The molecular formula is C12H6Cl4N2O. The van der Waals surface area contributed by atoms with Crippen LogP contribution in [0.3, 0.4) is 0 Å². The average Bonchev–Trinajstić information content (AvgIpc) is 2.37. The van der Waals surface area contributed by atoms with Crippen molar-refractivity contribution in [3.63, 3.8) is 0 Å². The number of aromatic nitrogens is 1. The molecule has 7 heteroatoms. The third kappa shape index (κ3) is 3.51. The summed E-state index contributed by atoms with van der Waals surface area (Å²) in [5.41, 5.74) is 0.811. The van der Waals surface area contributed by atoms with Crippen LogP contribution in [0.15, 0.2) is 30.5 Å². The number of pyridine rings is 1. The summed E-state index contributed by atoms with van der Waals surface area (Å²) in [7, 11) is 0. The molecule has 1 N–H and O–H groups in total. The van der Waals surface area contributed by atoms with Crippen molar-refractivity contribution in [2.24, 2.45) is 0 Å². The van der Waals surface area contributed by atoms with Gasteiger partial charge in [-0.25, -0.2) is 4.98 Å². The molecule has 2 aromatic rings. The predicted molar refractivity (Wildman–Crippen MR) is 78.7 cm³/mol. The number of anilines is 1. The summed E-state index contributed by atoms with van der Waals surface area (Å²) in [4.78, 5) is 15.7. The molecule has 1 aromatic heterocycles. The molecule has 0 bridgehead atoms. The topological polar surface area (TPSA) is 42.0 Å². The van der Waals surface area contributed by atoms with E-state index in [0.29, 0.717) is 21.3 Å². The highest BCUT2D eigenvalue weighted by Gasteiger charge is 2.10. The van der Waals surface area contributed by atoms with E-state index in [4.69, 9.17) is 46.4 Å². The Morgan fingerprint density at radius 3 is 2.37 bits per heavy atom. The van der Waals surface area contributed by atoms with Crippen molar-refractivity contribution >= 4 is 58.0 Å². The zero-order valence-electron chi connectivity index (χ0n) is 9.25. The van der Waals surface area contributed by atoms with Gasteiger partial charge in [0, 0.05) is 11.9 Å². The minimum atomic E-state index is -0.371. The summed E-state index contributed by atoms with van der Waals surface area (Å²) in [6.07, 6.45) is 1.33. The molecule has 1 aromatic carbocycles. The first-order valence-electron chi connectivity index (χ1n) is 5.05. The molecule has 1 heterocycles. The third-order valence-corrected chi connectivity index (χ3v) is 3.66. The summed E-state index contributed by atoms with van der Waals surface area (Å²) >= 11 is 23.1. The Hall–Kier alpha value is -1.00. The predicted octanol–water partition coefficient (Wildman–Crippen LogP) is 4.95. The summed E-state index contributed by atoms with van der Waals surface area (Å²) in [6, 6.07) is 6.21. The SMILES string of the molecule is O=C(Nc1ccc(Cl)c(Cl)c1)c1cnc(Cl)c(Cl)c1. The Labute approximate surface area is 129 Å². The molecule has 0 atom stereocenters. The van der Waals surface area contributed by atoms with Crippen molar-refractivity contribution in [1.82, 2.24) is 4.98 Å². The molecule has 0 saturated carbocycles. The fourth-order valence-electron chi connectivity index (χ4n) is 1.32. The molecule has 0 aliphatic rings. The highest BCUT2D eigenvalue weighted by molar-refractivity contribution is 6.42. The van der Waals surface area contributed by atoms with Crippen LogP contribution in [-0.2, 0) is 0 Å². The van der Waals surface area contributed by atoms with Crippen LogP contribution in [0.25, 0.3) is 0 Å². The Morgan fingerprint density at radius 2 is 1.74 bits per heavy atom. The quantitative estimate of drug-likeness (QED) is 0.789. The van der Waals surface area contributed by atoms with Crippen molar-refractivity contribution in [2.45, 2.75) is 0 Å². The van der Waals surface area contributed by atoms with Crippen molar-refractivity contribution in [3.05, 3.63) is 56.2 Å². The lowest BCUT2D eigenvalue weighted by molar-refractivity contribution is 0.102. The zero-order valence-corrected chi connectivity index (χ0v) is 12.3. The second kappa shape index (κ2) is 5.97. The highest BCUT2D eigenvalue weighted by Crippen LogP contribution is 2.25. The van der Waals surface area contributed by atoms with Gasteiger partial charge in [-0.1, -0.05) is 46.4 Å². The molecule has 0 aliphatic heterocycles. The molecule has 1 amide bonds. The maximum atomic E-state index is 11.9. The van der Waals surface area contributed by atoms with E-state index < -0.39 is 0 Å². The van der Waals surface area contributed by atoms with E-state index >= 15 is 0 Å². The van der Waals surface area contributed by atoms with Crippen molar-refractivity contribution in [2.75, 3.05) is 5.32 Å². The van der Waals surface area contributed by atoms with Gasteiger partial charge in [-0.05, 0) is 24.3 Å². The lowest BCUT2D eigenvalue weighted by Gasteiger charge is -2.06. The molecule has 0 aliphatic carbocycles. The van der Waals surface area contributed by atoms with E-state index in [0.717, 1.165) is 0 Å². The van der Waals surface area contributed by atoms with Gasteiger partial charge in [0.1, 0.15) is 5.15 Å². The summed E-state index contributed by atoms with van der Waals surface area (Å²) in [6.45, 7) is 0. The third-order valence-electron chi connectivity index (χ3n) is 2.24. The first-order chi connectivity index (χ1) is 8.97. The zero-order chi connectivity index (χ0) is 14.0. The Kier molecular flexibility index (Phi) is 4.53. The van der Waals surface area contributed by atoms with Gasteiger partial charge in [0.15, 0.2) is 0 Å². The lowest BCUT2D eigenvalue weighted by atomic mass is 10.2. The van der Waals surface area contributed by atoms with Crippen LogP contribution in [0.5, 0.6) is 0 Å². The number of hydrogen-bond donors (Lipinski definition) is 1. The molecule has 0 unspecified atom stereocenters. The van der Waals surface area contributed by atoms with E-state index in [1.165, 1.54) is 12.3 Å². The van der Waals surface area contributed by atoms with Gasteiger partial charge in [0.2, 0.25) is 0 Å². The molecule has 3 nitrogen and oxygen atoms in total. The Balaban J connectivity index is 2.20. The molecule has 0 saturated heterocycles. The largest absolute Gasteiger partial charge is 0.322 e. The number of nitrogens with one attached hydrogen (secondary N) is 1. The number of amides is 1. The van der Waals surface area contributed by atoms with E-state index in [2.05, 4.69) is 10.3 Å². The number of carbonyl (C=O) groups is 1. The first kappa shape index (κ1) is 14.4. The fraction of sp³-hybridized carbons (Fsp3) is 0. The van der Waals surface area contributed by atoms with Crippen LogP contribution in [0.1, 0.15) is 10.4 Å². The summed E-state index contributed by atoms with van der Waals surface area (Å²) in [5, 5.41) is 3.77. The van der Waals surface area contributed by atoms with Crippen LogP contribution >= 0.6 is 46.4 Å². The van der Waals surface area contributed by atoms with Gasteiger partial charge in [-0.2, -0.15) is 0 Å². The van der Waals surface area contributed by atoms with Gasteiger partial charge in [0.05, 0.1) is 20.6 Å². The Morgan fingerprint density at radius 1 is 1.00 bits per heavy atom. The van der Waals surface area contributed by atoms with Crippen LogP contribution in [-0.4, -0.2) is 10.9 Å². The van der Waals surface area contributed by atoms with E-state index in [9.17, 15) is 4.79 Å². The molecule has 0 fully saturated rings. The number of hydrogen-bond acceptors (Lipinski definition) is 2. The second-order valence-electron chi connectivity index (χ2n) is 3.58. The molecular weight excluding hydrogens is 330 g/mol. The van der Waals surface area contributed by atoms with Gasteiger partial charge >= 0.3 is 0 Å². The number of rotatable bonds is 2. The first-order valence-corrected chi connectivity index (χ1v) is 6.56. The van der Waals surface area contributed by atoms with Gasteiger partial charge < -0.3 is 5.32 Å². The minimum Gasteiger partial charge on any atom is -0.322 e. The Bertz CT molecular complexity index is 646. The lowest BCUT2D eigenvalue weighted by Crippen LogP contribution is -2.12. The van der Waals surface area contributed by atoms with Crippen molar-refractivity contribution in [1.29, 1.82) is 0 Å². The summed E-state index contributed by atoms with van der Waals surface area (Å²) in [5.74, 6) is -0.371. The second-order valence-corrected chi connectivity index (χ2v) is 5.16. The van der Waals surface area contributed by atoms with E-state index in [1.807, 2.05) is 0 Å². The molecule has 2 rings (SSSR count). The monoisotopic (exact) mass is 334 g/mol. The van der Waals surface area contributed by atoms with Crippen molar-refractivity contribution in [3.8, 4) is 0 Å². The molecule has 0 radical (unpaired) electrons. The maximum Gasteiger partial charge on any atom is 0.257 e. The molecule has 19 heavy (non-hydrogen) atoms. The molecule has 0 spiro atoms. The molecule has 98 valence electrons. The summed E-state index contributed by atoms with van der Waals surface area (Å²) < 4.78 is 0.